The van der Waals surface area contributed by atoms with Gasteiger partial charge < -0.3 is 4.74 Å². The van der Waals surface area contributed by atoms with Gasteiger partial charge in [0, 0.05) is 11.0 Å². The van der Waals surface area contributed by atoms with Gasteiger partial charge in [0.05, 0.1) is 5.92 Å². The largest absolute Gasteiger partial charge is 0.429 e. The third-order valence-corrected chi connectivity index (χ3v) is 5.86. The third-order valence-electron chi connectivity index (χ3n) is 5.86. The average Bonchev–Trinajstić information content (AvgIpc) is 3.17. The molecule has 1 saturated carbocycles. The van der Waals surface area contributed by atoms with Gasteiger partial charge in [-0.25, -0.2) is 0 Å². The number of allylic oxidation sites excluding steroid dienone is 1. The lowest BCUT2D eigenvalue weighted by atomic mass is 9.79. The summed E-state index contributed by atoms with van der Waals surface area (Å²) in [7, 11) is 0. The number of ether oxygens (including phenoxy) is 1. The molecule has 1 aliphatic rings. The summed E-state index contributed by atoms with van der Waals surface area (Å²) in [4.78, 5) is 13.1. The lowest BCUT2D eigenvalue weighted by Crippen LogP contribution is -2.23. The van der Waals surface area contributed by atoms with Gasteiger partial charge in [-0.2, -0.15) is 0 Å². The number of carbonyl (C=O) groups is 1. The van der Waals surface area contributed by atoms with Crippen LogP contribution in [0, 0.1) is 78.6 Å². The minimum atomic E-state index is -0.384. The van der Waals surface area contributed by atoms with Crippen molar-refractivity contribution in [3.63, 3.8) is 0 Å². The highest BCUT2D eigenvalue weighted by atomic mass is 16.5. The van der Waals surface area contributed by atoms with E-state index < -0.39 is 0 Å². The highest BCUT2D eigenvalue weighted by molar-refractivity contribution is 5.94. The van der Waals surface area contributed by atoms with Crippen molar-refractivity contribution in [2.75, 3.05) is 0 Å². The predicted octanol–water partition coefficient (Wildman–Crippen LogP) is 7.29. The molecule has 0 atom stereocenters. The number of hydrogen-bond donors (Lipinski definition) is 0. The van der Waals surface area contributed by atoms with Crippen molar-refractivity contribution >= 4 is 11.5 Å². The fraction of sp³-hybridized carbons (Fsp3) is 0.333. The maximum Gasteiger partial charge on any atom is 0.318 e. The average molecular weight is 428 g/mol. The summed E-state index contributed by atoms with van der Waals surface area (Å²) in [6.07, 6.45) is 7.32. The van der Waals surface area contributed by atoms with Crippen LogP contribution in [0.4, 0.5) is 0 Å². The number of benzene rings is 2. The van der Waals surface area contributed by atoms with Crippen LogP contribution in [0.25, 0.3) is 5.57 Å². The molecule has 2 heteroatoms. The van der Waals surface area contributed by atoms with E-state index in [0.717, 1.165) is 16.7 Å². The van der Waals surface area contributed by atoms with E-state index in [1.54, 1.807) is 12.8 Å². The van der Waals surface area contributed by atoms with Crippen molar-refractivity contribution in [2.24, 2.45) is 5.41 Å². The molecular weight excluding hydrogens is 392 g/mol. The molecule has 0 aromatic heterocycles. The molecule has 1 fully saturated rings. The van der Waals surface area contributed by atoms with Gasteiger partial charge in [0.15, 0.2) is 0 Å². The molecule has 2 aromatic rings. The summed E-state index contributed by atoms with van der Waals surface area (Å²) in [6, 6.07) is 8.84. The van der Waals surface area contributed by atoms with E-state index in [-0.39, 0.29) is 11.4 Å². The minimum Gasteiger partial charge on any atom is -0.429 e. The lowest BCUT2D eigenvalue weighted by molar-refractivity contribution is -0.137. The van der Waals surface area contributed by atoms with Crippen molar-refractivity contribution < 1.29 is 9.53 Å². The smallest absolute Gasteiger partial charge is 0.318 e. The first kappa shape index (κ1) is 24.3. The molecule has 0 saturated heterocycles. The first-order chi connectivity index (χ1) is 14.9. The monoisotopic (exact) mass is 427 g/mol. The Balaban J connectivity index is 2.38. The maximum absolute atomic E-state index is 13.1. The highest BCUT2D eigenvalue weighted by Crippen LogP contribution is 2.43. The van der Waals surface area contributed by atoms with Crippen molar-refractivity contribution in [1.29, 1.82) is 0 Å². The number of rotatable bonds is 4. The Labute approximate surface area is 195 Å². The van der Waals surface area contributed by atoms with Crippen LogP contribution >= 0.6 is 0 Å². The van der Waals surface area contributed by atoms with Crippen LogP contribution < -0.4 is 0 Å². The summed E-state index contributed by atoms with van der Waals surface area (Å²) >= 11 is 0. The molecular formula is C30H35O2. The Hall–Kier alpha value is -2.35. The van der Waals surface area contributed by atoms with Crippen molar-refractivity contribution in [1.82, 2.24) is 0 Å². The number of esters is 1. The molecule has 1 aliphatic carbocycles. The quantitative estimate of drug-likeness (QED) is 0.378. The van der Waals surface area contributed by atoms with Gasteiger partial charge in [0.2, 0.25) is 0 Å². The zero-order valence-electron chi connectivity index (χ0n) is 20.9. The summed E-state index contributed by atoms with van der Waals surface area (Å²) in [6.45, 7) is 19.2. The molecule has 0 bridgehead atoms. The maximum atomic E-state index is 13.1. The van der Waals surface area contributed by atoms with Crippen molar-refractivity contribution in [3.8, 4) is 0 Å². The standard InChI is InChI=1S/C30H35O2/c1-18-14-20(3)25(21(4)15-18)27(26-22(5)16-19(2)17-23(26)6)28(30(7,8)9)32-29(31)24-12-10-11-13-24/h10-17H,1-9H3. The topological polar surface area (TPSA) is 26.3 Å². The molecule has 32 heavy (non-hydrogen) atoms. The zero-order chi connectivity index (χ0) is 23.8. The van der Waals surface area contributed by atoms with Gasteiger partial charge in [-0.15, -0.1) is 0 Å². The second-order valence-corrected chi connectivity index (χ2v) is 10.1. The van der Waals surface area contributed by atoms with Crippen LogP contribution in [0.15, 0.2) is 30.0 Å². The summed E-state index contributed by atoms with van der Waals surface area (Å²) < 4.78 is 6.25. The van der Waals surface area contributed by atoms with Crippen LogP contribution in [0.2, 0.25) is 0 Å². The second-order valence-electron chi connectivity index (χ2n) is 10.1. The van der Waals surface area contributed by atoms with Gasteiger partial charge in [0.1, 0.15) is 5.76 Å². The Kier molecular flexibility index (Phi) is 7.03. The fourth-order valence-electron chi connectivity index (χ4n) is 4.74. The fourth-order valence-corrected chi connectivity index (χ4v) is 4.74. The predicted molar refractivity (Wildman–Crippen MR) is 133 cm³/mol. The number of carbonyl (C=O) groups excluding carboxylic acids is 1. The van der Waals surface area contributed by atoms with E-state index in [9.17, 15) is 4.79 Å². The number of aryl methyl sites for hydroxylation is 6. The Morgan fingerprint density at radius 3 is 1.41 bits per heavy atom. The molecule has 5 radical (unpaired) electrons. The summed E-state index contributed by atoms with van der Waals surface area (Å²) in [5.41, 5.74) is 10.1. The summed E-state index contributed by atoms with van der Waals surface area (Å²) in [5, 5.41) is 0. The van der Waals surface area contributed by atoms with Gasteiger partial charge in [-0.05, 0) is 101 Å². The van der Waals surface area contributed by atoms with E-state index in [0.29, 0.717) is 11.7 Å². The van der Waals surface area contributed by atoms with Gasteiger partial charge >= 0.3 is 5.97 Å². The molecule has 0 aliphatic heterocycles. The Morgan fingerprint density at radius 1 is 0.688 bits per heavy atom. The van der Waals surface area contributed by atoms with Crippen LogP contribution in [0.1, 0.15) is 65.3 Å². The SMILES string of the molecule is Cc1cc(C)c(C(=C(OC(=O)[C]2[CH][CH][CH][CH]2)C(C)(C)C)c2c(C)cc(C)cc2C)c(C)c1. The van der Waals surface area contributed by atoms with Crippen LogP contribution in [-0.4, -0.2) is 5.97 Å². The Morgan fingerprint density at radius 2 is 1.06 bits per heavy atom. The van der Waals surface area contributed by atoms with Crippen LogP contribution in [-0.2, 0) is 9.53 Å². The van der Waals surface area contributed by atoms with Crippen LogP contribution in [0.3, 0.4) is 0 Å². The minimum absolute atomic E-state index is 0.317. The summed E-state index contributed by atoms with van der Waals surface area (Å²) in [5.74, 6) is 0.955. The molecule has 0 heterocycles. The molecule has 0 amide bonds. The van der Waals surface area contributed by atoms with Gasteiger partial charge in [-0.1, -0.05) is 56.2 Å². The van der Waals surface area contributed by atoms with E-state index in [4.69, 9.17) is 4.74 Å². The molecule has 2 aromatic carbocycles. The first-order valence-corrected chi connectivity index (χ1v) is 11.2. The third kappa shape index (κ3) is 5.00. The molecule has 0 unspecified atom stereocenters. The van der Waals surface area contributed by atoms with E-state index in [2.05, 4.69) is 86.6 Å². The molecule has 167 valence electrons. The van der Waals surface area contributed by atoms with Crippen LogP contribution in [0.5, 0.6) is 0 Å². The first-order valence-electron chi connectivity index (χ1n) is 11.2. The van der Waals surface area contributed by atoms with Crippen molar-refractivity contribution in [2.45, 2.75) is 62.3 Å². The van der Waals surface area contributed by atoms with Crippen molar-refractivity contribution in [3.05, 3.63) is 106 Å². The zero-order valence-corrected chi connectivity index (χ0v) is 20.9. The van der Waals surface area contributed by atoms with Gasteiger partial charge in [-0.3, -0.25) is 4.79 Å². The molecule has 3 rings (SSSR count). The Bertz CT molecular complexity index is 951. The highest BCUT2D eigenvalue weighted by Gasteiger charge is 2.34. The lowest BCUT2D eigenvalue weighted by Gasteiger charge is -2.30. The molecule has 0 N–H and O–H groups in total. The van der Waals surface area contributed by atoms with Gasteiger partial charge in [0.25, 0.3) is 0 Å². The molecule has 0 spiro atoms. The number of hydrogen-bond acceptors (Lipinski definition) is 2. The normalized spacial score (nSPS) is 14.5. The molecule has 2 nitrogen and oxygen atoms in total. The van der Waals surface area contributed by atoms with E-state index >= 15 is 0 Å². The van der Waals surface area contributed by atoms with E-state index in [1.807, 2.05) is 12.8 Å². The van der Waals surface area contributed by atoms with E-state index in [1.165, 1.54) is 33.4 Å². The second kappa shape index (κ2) is 9.25.